The molecule has 2 nitrogen and oxygen atoms in total. The van der Waals surface area contributed by atoms with E-state index in [1.807, 2.05) is 0 Å². The lowest BCUT2D eigenvalue weighted by atomic mass is 9.97. The minimum Gasteiger partial charge on any atom is -0.371 e. The monoisotopic (exact) mass is 232 g/mol. The Labute approximate surface area is 105 Å². The van der Waals surface area contributed by atoms with Gasteiger partial charge in [0.1, 0.15) is 0 Å². The summed E-state index contributed by atoms with van der Waals surface area (Å²) in [5.74, 6) is 0.812. The van der Waals surface area contributed by atoms with Crippen LogP contribution in [0.25, 0.3) is 0 Å². The normalized spacial score (nSPS) is 22.5. The fraction of sp³-hybridized carbons (Fsp3) is 0.600. The van der Waals surface area contributed by atoms with Gasteiger partial charge in [0.05, 0.1) is 0 Å². The molecule has 2 unspecified atom stereocenters. The van der Waals surface area contributed by atoms with E-state index in [2.05, 4.69) is 43.0 Å². The van der Waals surface area contributed by atoms with Crippen LogP contribution in [-0.4, -0.2) is 19.1 Å². The molecule has 0 bridgehead atoms. The van der Waals surface area contributed by atoms with Gasteiger partial charge in [-0.25, -0.2) is 0 Å². The molecule has 2 heteroatoms. The zero-order chi connectivity index (χ0) is 12.3. The van der Waals surface area contributed by atoms with Gasteiger partial charge in [0.2, 0.25) is 0 Å². The Bertz CT molecular complexity index is 360. The van der Waals surface area contributed by atoms with E-state index >= 15 is 0 Å². The van der Waals surface area contributed by atoms with E-state index in [-0.39, 0.29) is 6.04 Å². The Morgan fingerprint density at radius 2 is 2.18 bits per heavy atom. The molecule has 2 atom stereocenters. The highest BCUT2D eigenvalue weighted by atomic mass is 15.1. The highest BCUT2D eigenvalue weighted by Crippen LogP contribution is 2.26. The van der Waals surface area contributed by atoms with E-state index in [4.69, 9.17) is 5.73 Å². The van der Waals surface area contributed by atoms with Crippen molar-refractivity contribution < 1.29 is 0 Å². The minimum atomic E-state index is 0.235. The molecule has 2 rings (SSSR count). The summed E-state index contributed by atoms with van der Waals surface area (Å²) in [6.45, 7) is 6.81. The summed E-state index contributed by atoms with van der Waals surface area (Å²) in [7, 11) is 0. The average Bonchev–Trinajstić information content (AvgIpc) is 2.29. The molecule has 0 spiro atoms. The second kappa shape index (κ2) is 5.54. The van der Waals surface area contributed by atoms with Crippen LogP contribution in [-0.2, 0) is 6.42 Å². The number of benzene rings is 1. The molecule has 1 aliphatic heterocycles. The van der Waals surface area contributed by atoms with Crippen LogP contribution in [0.15, 0.2) is 24.3 Å². The quantitative estimate of drug-likeness (QED) is 0.868. The van der Waals surface area contributed by atoms with Crippen LogP contribution in [0.4, 0.5) is 5.69 Å². The Morgan fingerprint density at radius 3 is 2.88 bits per heavy atom. The molecule has 1 heterocycles. The minimum absolute atomic E-state index is 0.235. The predicted molar refractivity (Wildman–Crippen MR) is 74.4 cm³/mol. The molecule has 1 aliphatic rings. The van der Waals surface area contributed by atoms with E-state index in [9.17, 15) is 0 Å². The first kappa shape index (κ1) is 12.4. The molecule has 0 aliphatic carbocycles. The number of para-hydroxylation sites is 1. The van der Waals surface area contributed by atoms with Crippen molar-refractivity contribution in [2.75, 3.05) is 18.0 Å². The van der Waals surface area contributed by atoms with Gasteiger partial charge in [-0.2, -0.15) is 0 Å². The summed E-state index contributed by atoms with van der Waals surface area (Å²) in [6.07, 6.45) is 3.65. The number of hydrogen-bond donors (Lipinski definition) is 1. The van der Waals surface area contributed by atoms with Gasteiger partial charge in [0, 0.05) is 24.8 Å². The average molecular weight is 232 g/mol. The molecule has 17 heavy (non-hydrogen) atoms. The predicted octanol–water partition coefficient (Wildman–Crippen LogP) is 2.81. The smallest absolute Gasteiger partial charge is 0.0399 e. The molecule has 0 saturated carbocycles. The molecule has 0 radical (unpaired) electrons. The van der Waals surface area contributed by atoms with Crippen molar-refractivity contribution in [1.82, 2.24) is 0 Å². The molecular weight excluding hydrogens is 208 g/mol. The van der Waals surface area contributed by atoms with Crippen LogP contribution in [0.2, 0.25) is 0 Å². The fourth-order valence-electron chi connectivity index (χ4n) is 2.75. The zero-order valence-electron chi connectivity index (χ0n) is 11.0. The van der Waals surface area contributed by atoms with Gasteiger partial charge in [-0.15, -0.1) is 0 Å². The van der Waals surface area contributed by atoms with E-state index in [0.717, 1.165) is 12.3 Å². The van der Waals surface area contributed by atoms with Gasteiger partial charge in [-0.05, 0) is 43.7 Å². The van der Waals surface area contributed by atoms with E-state index in [0.29, 0.717) is 0 Å². The maximum Gasteiger partial charge on any atom is 0.0399 e. The largest absolute Gasteiger partial charge is 0.371 e. The van der Waals surface area contributed by atoms with Gasteiger partial charge in [0.25, 0.3) is 0 Å². The molecule has 2 N–H and O–H groups in total. The molecule has 1 fully saturated rings. The van der Waals surface area contributed by atoms with Crippen LogP contribution in [0, 0.1) is 5.92 Å². The number of anilines is 1. The lowest BCUT2D eigenvalue weighted by molar-refractivity contribution is 0.446. The summed E-state index contributed by atoms with van der Waals surface area (Å²) in [5, 5.41) is 0. The molecule has 1 saturated heterocycles. The first-order valence-electron chi connectivity index (χ1n) is 6.75. The van der Waals surface area contributed by atoms with Crippen LogP contribution < -0.4 is 10.6 Å². The van der Waals surface area contributed by atoms with Gasteiger partial charge in [-0.1, -0.05) is 25.1 Å². The van der Waals surface area contributed by atoms with Gasteiger partial charge < -0.3 is 10.6 Å². The van der Waals surface area contributed by atoms with Crippen molar-refractivity contribution in [1.29, 1.82) is 0 Å². The molecular formula is C15H24N2. The fourth-order valence-corrected chi connectivity index (χ4v) is 2.75. The summed E-state index contributed by atoms with van der Waals surface area (Å²) in [6, 6.07) is 8.96. The summed E-state index contributed by atoms with van der Waals surface area (Å²) in [4.78, 5) is 2.53. The second-order valence-corrected chi connectivity index (χ2v) is 5.50. The SMILES string of the molecule is CC(N)Cc1ccccc1N1CCCC(C)C1. The first-order chi connectivity index (χ1) is 8.16. The van der Waals surface area contributed by atoms with Crippen molar-refractivity contribution in [3.63, 3.8) is 0 Å². The number of hydrogen-bond acceptors (Lipinski definition) is 2. The van der Waals surface area contributed by atoms with E-state index < -0.39 is 0 Å². The Morgan fingerprint density at radius 1 is 1.41 bits per heavy atom. The van der Waals surface area contributed by atoms with Crippen molar-refractivity contribution in [2.24, 2.45) is 11.7 Å². The van der Waals surface area contributed by atoms with Crippen LogP contribution in [0.3, 0.4) is 0 Å². The molecule has 94 valence electrons. The van der Waals surface area contributed by atoms with Crippen LogP contribution in [0.5, 0.6) is 0 Å². The van der Waals surface area contributed by atoms with Crippen molar-refractivity contribution in [3.8, 4) is 0 Å². The molecule has 1 aromatic rings. The maximum atomic E-state index is 5.93. The van der Waals surface area contributed by atoms with Gasteiger partial charge >= 0.3 is 0 Å². The number of piperidine rings is 1. The summed E-state index contributed by atoms with van der Waals surface area (Å²) < 4.78 is 0. The standard InChI is InChI=1S/C15H24N2/c1-12-6-5-9-17(11-12)15-8-4-3-7-14(15)10-13(2)16/h3-4,7-8,12-13H,5-6,9-11,16H2,1-2H3. The van der Waals surface area contributed by atoms with E-state index in [1.165, 1.54) is 37.2 Å². The highest BCUT2D eigenvalue weighted by Gasteiger charge is 2.18. The zero-order valence-corrected chi connectivity index (χ0v) is 11.0. The van der Waals surface area contributed by atoms with Crippen molar-refractivity contribution >= 4 is 5.69 Å². The van der Waals surface area contributed by atoms with Crippen LogP contribution in [0.1, 0.15) is 32.3 Å². The summed E-state index contributed by atoms with van der Waals surface area (Å²) >= 11 is 0. The molecule has 1 aromatic carbocycles. The van der Waals surface area contributed by atoms with E-state index in [1.54, 1.807) is 0 Å². The second-order valence-electron chi connectivity index (χ2n) is 5.50. The number of rotatable bonds is 3. The topological polar surface area (TPSA) is 29.3 Å². The third-order valence-electron chi connectivity index (χ3n) is 3.53. The van der Waals surface area contributed by atoms with Gasteiger partial charge in [-0.3, -0.25) is 0 Å². The third-order valence-corrected chi connectivity index (χ3v) is 3.53. The third kappa shape index (κ3) is 3.22. The lowest BCUT2D eigenvalue weighted by Crippen LogP contribution is -2.35. The molecule has 0 aromatic heterocycles. The Hall–Kier alpha value is -1.02. The first-order valence-corrected chi connectivity index (χ1v) is 6.75. The van der Waals surface area contributed by atoms with Crippen molar-refractivity contribution in [3.05, 3.63) is 29.8 Å². The van der Waals surface area contributed by atoms with Crippen molar-refractivity contribution in [2.45, 2.75) is 39.2 Å². The van der Waals surface area contributed by atoms with Crippen LogP contribution >= 0.6 is 0 Å². The number of nitrogens with two attached hydrogens (primary N) is 1. The Kier molecular flexibility index (Phi) is 4.06. The molecule has 0 amide bonds. The number of nitrogens with zero attached hydrogens (tertiary/aromatic N) is 1. The van der Waals surface area contributed by atoms with Gasteiger partial charge in [0.15, 0.2) is 0 Å². The lowest BCUT2D eigenvalue weighted by Gasteiger charge is -2.34. The Balaban J connectivity index is 2.18. The summed E-state index contributed by atoms with van der Waals surface area (Å²) in [5.41, 5.74) is 8.73. The maximum absolute atomic E-state index is 5.93. The highest BCUT2D eigenvalue weighted by molar-refractivity contribution is 5.54.